The van der Waals surface area contributed by atoms with E-state index in [4.69, 9.17) is 0 Å². The minimum absolute atomic E-state index is 0.901. The van der Waals surface area contributed by atoms with Crippen molar-refractivity contribution in [1.29, 1.82) is 0 Å². The number of rotatable bonds is 5. The van der Waals surface area contributed by atoms with Gasteiger partial charge in [-0.05, 0) is 11.1 Å². The summed E-state index contributed by atoms with van der Waals surface area (Å²) in [5.41, 5.74) is 7.69. The molecule has 0 amide bonds. The number of benzene rings is 2. The maximum atomic E-state index is 9.75. The lowest BCUT2D eigenvalue weighted by molar-refractivity contribution is -0.694. The summed E-state index contributed by atoms with van der Waals surface area (Å²) in [4.78, 5) is 0. The average molecular weight is 540 g/mol. The molecule has 0 aliphatic rings. The van der Waals surface area contributed by atoms with Crippen LogP contribution in [0.3, 0.4) is 0 Å². The maximum absolute atomic E-state index is 9.75. The van der Waals surface area contributed by atoms with E-state index in [1.807, 2.05) is 0 Å². The van der Waals surface area contributed by atoms with Crippen LogP contribution >= 0.6 is 0 Å². The zero-order chi connectivity index (χ0) is 28.3. The van der Waals surface area contributed by atoms with Crippen molar-refractivity contribution in [2.24, 2.45) is 0 Å². The molecule has 0 radical (unpaired) electrons. The molecule has 202 valence electrons. The van der Waals surface area contributed by atoms with Gasteiger partial charge in [-0.3, -0.25) is 0 Å². The van der Waals surface area contributed by atoms with Gasteiger partial charge in [-0.1, -0.05) is 60.7 Å². The predicted molar refractivity (Wildman–Crippen MR) is 133 cm³/mol. The van der Waals surface area contributed by atoms with E-state index in [-0.39, 0.29) is 0 Å². The van der Waals surface area contributed by atoms with Crippen LogP contribution in [0.15, 0.2) is 97.3 Å². The van der Waals surface area contributed by atoms with Gasteiger partial charge in [-0.15, -0.1) is 0 Å². The molecule has 0 N–H and O–H groups in total. The quantitative estimate of drug-likeness (QED) is 0.143. The van der Waals surface area contributed by atoms with E-state index in [1.54, 1.807) is 0 Å². The first-order chi connectivity index (χ1) is 17.7. The molecule has 4 aromatic rings. The minimum Gasteiger partial charge on any atom is -0.418 e. The van der Waals surface area contributed by atoms with Gasteiger partial charge in [0.05, 0.1) is 0 Å². The lowest BCUT2D eigenvalue weighted by Gasteiger charge is -2.06. The van der Waals surface area contributed by atoms with Gasteiger partial charge in [0, 0.05) is 49.2 Å². The van der Waals surface area contributed by atoms with E-state index in [1.165, 1.54) is 33.6 Å². The fourth-order valence-corrected chi connectivity index (χ4v) is 3.56. The Hall–Kier alpha value is -3.69. The summed E-state index contributed by atoms with van der Waals surface area (Å²) in [6.07, 6.45) is 4.38. The topological polar surface area (TPSA) is 7.76 Å². The maximum Gasteiger partial charge on any atom is 0.673 e. The Labute approximate surface area is 216 Å². The normalized spacial score (nSPS) is 11.1. The summed E-state index contributed by atoms with van der Waals surface area (Å²) in [6.45, 7) is 6.16. The van der Waals surface area contributed by atoms with Crippen LogP contribution in [-0.2, 0) is 13.1 Å². The fraction of sp³-hybridized carbons (Fsp3) is 0.154. The Bertz CT molecular complexity index is 1170. The van der Waals surface area contributed by atoms with Gasteiger partial charge in [-0.25, -0.2) is 0 Å². The highest BCUT2D eigenvalue weighted by molar-refractivity contribution is 6.50. The molecule has 2 aromatic carbocycles. The summed E-state index contributed by atoms with van der Waals surface area (Å²) in [5, 5.41) is 0. The first-order valence-corrected chi connectivity index (χ1v) is 11.5. The Morgan fingerprint density at radius 1 is 0.500 bits per heavy atom. The van der Waals surface area contributed by atoms with Crippen LogP contribution in [0.25, 0.3) is 11.1 Å². The first-order valence-electron chi connectivity index (χ1n) is 11.5. The van der Waals surface area contributed by atoms with Gasteiger partial charge < -0.3 is 34.5 Å². The molecule has 0 saturated heterocycles. The van der Waals surface area contributed by atoms with Crippen LogP contribution in [0.5, 0.6) is 0 Å². The highest BCUT2D eigenvalue weighted by Crippen LogP contribution is 2.19. The van der Waals surface area contributed by atoms with Crippen LogP contribution in [0.4, 0.5) is 34.5 Å². The molecule has 12 heteroatoms. The lowest BCUT2D eigenvalue weighted by atomic mass is 10.1. The number of halogens is 8. The zero-order valence-corrected chi connectivity index (χ0v) is 20.7. The number of hydrogen-bond donors (Lipinski definition) is 0. The summed E-state index contributed by atoms with van der Waals surface area (Å²) >= 11 is 0. The molecular weight excluding hydrogens is 514 g/mol. The van der Waals surface area contributed by atoms with Crippen molar-refractivity contribution in [3.63, 3.8) is 0 Å². The van der Waals surface area contributed by atoms with Crippen molar-refractivity contribution in [2.45, 2.75) is 26.9 Å². The van der Waals surface area contributed by atoms with E-state index < -0.39 is 14.5 Å². The number of nitrogens with zero attached hydrogens (tertiary/aromatic N) is 2. The zero-order valence-electron chi connectivity index (χ0n) is 20.7. The third-order valence-electron chi connectivity index (χ3n) is 5.23. The van der Waals surface area contributed by atoms with Crippen LogP contribution in [0.2, 0.25) is 0 Å². The second kappa shape index (κ2) is 13.7. The molecule has 0 unspecified atom stereocenters. The molecule has 0 saturated carbocycles. The molecule has 0 aliphatic carbocycles. The van der Waals surface area contributed by atoms with Crippen LogP contribution in [0, 0.1) is 13.8 Å². The Balaban J connectivity index is 0.000000435. The SMILES string of the molecule is Cc1cc(-c2cc[n+](Cc3ccccc3)c(C)c2)cc[n+]1Cc1ccccc1.F[B-](F)(F)F.F[B-](F)(F)F. The average Bonchev–Trinajstić information content (AvgIpc) is 2.81. The molecule has 0 fully saturated rings. The second-order valence-corrected chi connectivity index (χ2v) is 8.33. The molecule has 4 rings (SSSR count). The van der Waals surface area contributed by atoms with E-state index in [0.717, 1.165) is 13.1 Å². The number of aryl methyl sites for hydroxylation is 2. The van der Waals surface area contributed by atoms with Crippen molar-refractivity contribution in [3.8, 4) is 11.1 Å². The molecule has 0 aliphatic heterocycles. The largest absolute Gasteiger partial charge is 0.673 e. The summed E-state index contributed by atoms with van der Waals surface area (Å²) in [7, 11) is -12.0. The van der Waals surface area contributed by atoms with Gasteiger partial charge in [0.15, 0.2) is 36.9 Å². The molecule has 0 bridgehead atoms. The van der Waals surface area contributed by atoms with E-state index in [0.29, 0.717) is 0 Å². The standard InChI is InChI=1S/C26H26N2.2BF4/c1-21-17-25(13-15-27(21)19-23-9-5-3-6-10-23)26-14-16-28(22(2)18-26)20-24-11-7-4-8-12-24;2*2-1(3,4)5/h3-18H,19-20H2,1-2H3;;/q+2;2*-1. The third-order valence-corrected chi connectivity index (χ3v) is 5.23. The van der Waals surface area contributed by atoms with Crippen molar-refractivity contribution in [1.82, 2.24) is 0 Å². The van der Waals surface area contributed by atoms with E-state index in [2.05, 4.69) is 120 Å². The van der Waals surface area contributed by atoms with Gasteiger partial charge in [0.2, 0.25) is 0 Å². The molecule has 0 spiro atoms. The molecule has 2 heterocycles. The second-order valence-electron chi connectivity index (χ2n) is 8.33. The van der Waals surface area contributed by atoms with E-state index >= 15 is 0 Å². The molecule has 2 nitrogen and oxygen atoms in total. The monoisotopic (exact) mass is 540 g/mol. The van der Waals surface area contributed by atoms with Crippen LogP contribution in [-0.4, -0.2) is 14.5 Å². The van der Waals surface area contributed by atoms with Gasteiger partial charge >= 0.3 is 14.5 Å². The van der Waals surface area contributed by atoms with Gasteiger partial charge in [0.25, 0.3) is 0 Å². The van der Waals surface area contributed by atoms with Crippen molar-refractivity contribution in [3.05, 3.63) is 120 Å². The van der Waals surface area contributed by atoms with Crippen molar-refractivity contribution < 1.29 is 43.7 Å². The number of aromatic nitrogens is 2. The van der Waals surface area contributed by atoms with Crippen LogP contribution < -0.4 is 9.13 Å². The molecule has 2 aromatic heterocycles. The Morgan fingerprint density at radius 2 is 0.789 bits per heavy atom. The van der Waals surface area contributed by atoms with Crippen molar-refractivity contribution in [2.75, 3.05) is 0 Å². The Kier molecular flexibility index (Phi) is 11.0. The Morgan fingerprint density at radius 3 is 1.05 bits per heavy atom. The number of pyridine rings is 2. The van der Waals surface area contributed by atoms with E-state index in [9.17, 15) is 34.5 Å². The summed E-state index contributed by atoms with van der Waals surface area (Å²) in [6, 6.07) is 30.2. The lowest BCUT2D eigenvalue weighted by Crippen LogP contribution is -2.37. The van der Waals surface area contributed by atoms with Crippen molar-refractivity contribution >= 4 is 14.5 Å². The molecular formula is C26H26B2F8N2. The predicted octanol–water partition coefficient (Wildman–Crippen LogP) is 7.24. The van der Waals surface area contributed by atoms with Crippen LogP contribution in [0.1, 0.15) is 22.5 Å². The minimum atomic E-state index is -6.00. The van der Waals surface area contributed by atoms with Gasteiger partial charge in [-0.2, -0.15) is 9.13 Å². The van der Waals surface area contributed by atoms with Gasteiger partial charge in [0.1, 0.15) is 0 Å². The first kappa shape index (κ1) is 30.5. The smallest absolute Gasteiger partial charge is 0.418 e. The molecule has 38 heavy (non-hydrogen) atoms. The summed E-state index contributed by atoms with van der Waals surface area (Å²) < 4.78 is 82.6. The highest BCUT2D eigenvalue weighted by Gasteiger charge is 2.21. The summed E-state index contributed by atoms with van der Waals surface area (Å²) in [5.74, 6) is 0. The third kappa shape index (κ3) is 12.5. The fourth-order valence-electron chi connectivity index (χ4n) is 3.56. The molecule has 0 atom stereocenters. The highest BCUT2D eigenvalue weighted by atomic mass is 19.5. The number of hydrogen-bond acceptors (Lipinski definition) is 0.